The topological polar surface area (TPSA) is 112 Å². The van der Waals surface area contributed by atoms with Gasteiger partial charge in [0.25, 0.3) is 5.56 Å². The monoisotopic (exact) mass is 557 g/mol. The molecule has 40 heavy (non-hydrogen) atoms. The molecule has 3 heterocycles. The quantitative estimate of drug-likeness (QED) is 0.340. The highest BCUT2D eigenvalue weighted by atomic mass is 35.5. The maximum Gasteiger partial charge on any atom is 0.257 e. The summed E-state index contributed by atoms with van der Waals surface area (Å²) < 4.78 is 1.48. The van der Waals surface area contributed by atoms with Gasteiger partial charge >= 0.3 is 0 Å². The number of amides is 2. The minimum absolute atomic E-state index is 0.0837. The number of carbonyl (C=O) groups excluding carboxylic acids is 2. The number of pyridine rings is 1. The first kappa shape index (κ1) is 26.9. The van der Waals surface area contributed by atoms with Gasteiger partial charge in [-0.3, -0.25) is 19.0 Å². The number of piperazine rings is 1. The minimum atomic E-state index is -0.353. The molecule has 0 saturated carbocycles. The smallest absolute Gasteiger partial charge is 0.257 e. The van der Waals surface area contributed by atoms with Gasteiger partial charge in [0.05, 0.1) is 16.4 Å². The number of aryl methyl sites for hydroxylation is 1. The van der Waals surface area contributed by atoms with E-state index >= 15 is 0 Å². The first-order valence-electron chi connectivity index (χ1n) is 12.7. The molecular formula is C29H28ClN7O3. The fourth-order valence-electron chi connectivity index (χ4n) is 4.68. The molecule has 0 unspecified atom stereocenters. The van der Waals surface area contributed by atoms with Crippen LogP contribution in [0.5, 0.6) is 0 Å². The Morgan fingerprint density at radius 1 is 1.05 bits per heavy atom. The van der Waals surface area contributed by atoms with Gasteiger partial charge in [0, 0.05) is 62.1 Å². The van der Waals surface area contributed by atoms with Gasteiger partial charge in [-0.25, -0.2) is 4.98 Å². The Labute approximate surface area is 235 Å². The van der Waals surface area contributed by atoms with Crippen LogP contribution in [0.3, 0.4) is 0 Å². The predicted molar refractivity (Wildman–Crippen MR) is 158 cm³/mol. The summed E-state index contributed by atoms with van der Waals surface area (Å²) in [6.07, 6.45) is 2.84. The average Bonchev–Trinajstić information content (AvgIpc) is 2.94. The summed E-state index contributed by atoms with van der Waals surface area (Å²) in [7, 11) is 0. The van der Waals surface area contributed by atoms with Crippen LogP contribution in [-0.2, 0) is 9.59 Å². The molecule has 0 radical (unpaired) electrons. The fourth-order valence-corrected chi connectivity index (χ4v) is 4.90. The molecule has 2 amide bonds. The minimum Gasteiger partial charge on any atom is -0.368 e. The summed E-state index contributed by atoms with van der Waals surface area (Å²) >= 11 is 6.64. The molecule has 0 aliphatic carbocycles. The molecule has 1 saturated heterocycles. The third-order valence-electron chi connectivity index (χ3n) is 6.81. The summed E-state index contributed by atoms with van der Waals surface area (Å²) in [5.41, 5.74) is 3.51. The highest BCUT2D eigenvalue weighted by molar-refractivity contribution is 6.33. The van der Waals surface area contributed by atoms with E-state index in [1.165, 1.54) is 16.7 Å². The number of hydrogen-bond donors (Lipinski definition) is 2. The summed E-state index contributed by atoms with van der Waals surface area (Å²) in [6.45, 7) is 9.68. The number of halogens is 1. The van der Waals surface area contributed by atoms with Crippen molar-refractivity contribution >= 4 is 57.5 Å². The first-order chi connectivity index (χ1) is 19.2. The van der Waals surface area contributed by atoms with E-state index in [1.54, 1.807) is 37.4 Å². The van der Waals surface area contributed by atoms with E-state index in [0.29, 0.717) is 46.2 Å². The number of hydrogen-bond acceptors (Lipinski definition) is 7. The molecule has 2 aromatic carbocycles. The van der Waals surface area contributed by atoms with Gasteiger partial charge < -0.3 is 20.4 Å². The molecule has 2 aromatic heterocycles. The van der Waals surface area contributed by atoms with Crippen LogP contribution in [0, 0.1) is 6.92 Å². The van der Waals surface area contributed by atoms with Crippen molar-refractivity contribution in [2.45, 2.75) is 13.8 Å². The van der Waals surface area contributed by atoms with E-state index in [-0.39, 0.29) is 23.3 Å². The van der Waals surface area contributed by atoms with Gasteiger partial charge in [0.15, 0.2) is 5.65 Å². The summed E-state index contributed by atoms with van der Waals surface area (Å²) in [5, 5.41) is 7.08. The van der Waals surface area contributed by atoms with Crippen LogP contribution >= 0.6 is 11.6 Å². The van der Waals surface area contributed by atoms with Crippen LogP contribution in [0.4, 0.5) is 23.0 Å². The zero-order valence-electron chi connectivity index (χ0n) is 22.1. The molecule has 1 fully saturated rings. The van der Waals surface area contributed by atoms with Gasteiger partial charge in [-0.05, 0) is 55.0 Å². The molecule has 11 heteroatoms. The van der Waals surface area contributed by atoms with Crippen LogP contribution < -0.4 is 21.1 Å². The van der Waals surface area contributed by atoms with Crippen molar-refractivity contribution in [2.75, 3.05) is 41.7 Å². The molecule has 10 nitrogen and oxygen atoms in total. The molecule has 5 rings (SSSR count). The summed E-state index contributed by atoms with van der Waals surface area (Å²) in [5.74, 6) is 0.000716. The Morgan fingerprint density at radius 2 is 1.82 bits per heavy atom. The second-order valence-corrected chi connectivity index (χ2v) is 9.87. The van der Waals surface area contributed by atoms with E-state index in [1.807, 2.05) is 30.0 Å². The van der Waals surface area contributed by atoms with Crippen molar-refractivity contribution in [1.82, 2.24) is 19.4 Å². The Kier molecular flexibility index (Phi) is 7.52. The van der Waals surface area contributed by atoms with Crippen molar-refractivity contribution < 1.29 is 9.59 Å². The normalized spacial score (nSPS) is 13.3. The van der Waals surface area contributed by atoms with Gasteiger partial charge in [0.2, 0.25) is 17.8 Å². The number of nitrogens with zero attached hydrogens (tertiary/aromatic N) is 5. The maximum absolute atomic E-state index is 13.1. The highest BCUT2D eigenvalue weighted by Crippen LogP contribution is 2.30. The van der Waals surface area contributed by atoms with Crippen LogP contribution in [0.2, 0.25) is 5.02 Å². The number of anilines is 4. The first-order valence-corrected chi connectivity index (χ1v) is 13.1. The molecule has 2 N–H and O–H groups in total. The third kappa shape index (κ3) is 5.52. The fraction of sp³-hybridized carbons (Fsp3) is 0.207. The van der Waals surface area contributed by atoms with Crippen molar-refractivity contribution in [2.24, 2.45) is 0 Å². The van der Waals surface area contributed by atoms with Gasteiger partial charge in [-0.1, -0.05) is 24.2 Å². The lowest BCUT2D eigenvalue weighted by Gasteiger charge is -2.35. The van der Waals surface area contributed by atoms with Crippen molar-refractivity contribution in [3.05, 3.63) is 88.3 Å². The van der Waals surface area contributed by atoms with Crippen LogP contribution in [0.15, 0.2) is 72.2 Å². The summed E-state index contributed by atoms with van der Waals surface area (Å²) in [6, 6.07) is 14.1. The molecule has 0 spiro atoms. The van der Waals surface area contributed by atoms with Crippen molar-refractivity contribution in [1.29, 1.82) is 0 Å². The Hall–Kier alpha value is -4.70. The van der Waals surface area contributed by atoms with Crippen LogP contribution in [0.25, 0.3) is 16.7 Å². The van der Waals surface area contributed by atoms with Crippen LogP contribution in [0.1, 0.15) is 12.5 Å². The molecule has 1 aliphatic heterocycles. The number of benzene rings is 2. The van der Waals surface area contributed by atoms with Gasteiger partial charge in [-0.2, -0.15) is 4.98 Å². The lowest BCUT2D eigenvalue weighted by molar-refractivity contribution is -0.129. The predicted octanol–water partition coefficient (Wildman–Crippen LogP) is 4.28. The maximum atomic E-state index is 13.1. The number of fused-ring (bicyclic) bond motifs is 1. The van der Waals surface area contributed by atoms with Crippen molar-refractivity contribution in [3.8, 4) is 5.69 Å². The van der Waals surface area contributed by atoms with E-state index in [2.05, 4.69) is 32.1 Å². The van der Waals surface area contributed by atoms with Crippen molar-refractivity contribution in [3.63, 3.8) is 0 Å². The lowest BCUT2D eigenvalue weighted by Crippen LogP contribution is -2.48. The lowest BCUT2D eigenvalue weighted by atomic mass is 10.2. The number of carbonyl (C=O) groups is 2. The highest BCUT2D eigenvalue weighted by Gasteiger charge is 2.20. The Morgan fingerprint density at radius 3 is 2.52 bits per heavy atom. The van der Waals surface area contributed by atoms with Gasteiger partial charge in [0.1, 0.15) is 0 Å². The van der Waals surface area contributed by atoms with E-state index in [9.17, 15) is 14.4 Å². The Bertz CT molecular complexity index is 1690. The molecule has 4 aromatic rings. The standard InChI is InChI=1S/C29H28ClN7O3/c1-4-26(39)32-20-6-5-7-22(15-20)37-27(40)14-18(2)23-17-31-29(34-28(23)37)33-25-9-8-21(16-24(25)30)36-12-10-35(11-13-36)19(3)38/h4-9,14-17H,1,10-13H2,2-3H3,(H,32,39)(H,31,33,34). The van der Waals surface area contributed by atoms with Gasteiger partial charge in [-0.15, -0.1) is 0 Å². The molecule has 204 valence electrons. The van der Waals surface area contributed by atoms with Crippen LogP contribution in [-0.4, -0.2) is 57.4 Å². The second kappa shape index (κ2) is 11.2. The summed E-state index contributed by atoms with van der Waals surface area (Å²) in [4.78, 5) is 49.7. The average molecular weight is 558 g/mol. The molecular weight excluding hydrogens is 530 g/mol. The van der Waals surface area contributed by atoms with E-state index < -0.39 is 0 Å². The SMILES string of the molecule is C=CC(=O)Nc1cccc(-n2c(=O)cc(C)c3cnc(Nc4ccc(N5CCN(C(C)=O)CC5)cc4Cl)nc32)c1. The molecule has 0 atom stereocenters. The number of aromatic nitrogens is 3. The van der Waals surface area contributed by atoms with E-state index in [4.69, 9.17) is 11.6 Å². The second-order valence-electron chi connectivity index (χ2n) is 9.46. The third-order valence-corrected chi connectivity index (χ3v) is 7.12. The molecule has 0 bridgehead atoms. The largest absolute Gasteiger partial charge is 0.368 e. The molecule has 1 aliphatic rings. The zero-order chi connectivity index (χ0) is 28.4. The Balaban J connectivity index is 1.45. The van der Waals surface area contributed by atoms with E-state index in [0.717, 1.165) is 24.3 Å². The number of nitrogens with one attached hydrogen (secondary N) is 2. The number of rotatable bonds is 6. The zero-order valence-corrected chi connectivity index (χ0v) is 22.9.